The Bertz CT molecular complexity index is 884. The van der Waals surface area contributed by atoms with Crippen molar-refractivity contribution in [1.29, 1.82) is 0 Å². The Hall–Kier alpha value is -2.80. The van der Waals surface area contributed by atoms with E-state index in [0.29, 0.717) is 35.6 Å². The van der Waals surface area contributed by atoms with Gasteiger partial charge < -0.3 is 14.8 Å². The topological polar surface area (TPSA) is 74.1 Å². The molecule has 0 aliphatic carbocycles. The summed E-state index contributed by atoms with van der Waals surface area (Å²) in [6, 6.07) is 13.4. The van der Waals surface area contributed by atoms with Crippen LogP contribution in [0.1, 0.15) is 24.5 Å². The highest BCUT2D eigenvalue weighted by Gasteiger charge is 2.08. The van der Waals surface area contributed by atoms with Crippen molar-refractivity contribution < 1.29 is 9.47 Å². The zero-order chi connectivity index (χ0) is 19.1. The van der Waals surface area contributed by atoms with Crippen molar-refractivity contribution in [2.75, 3.05) is 12.4 Å². The summed E-state index contributed by atoms with van der Waals surface area (Å²) in [6.07, 6.45) is 0.962. The van der Waals surface area contributed by atoms with Gasteiger partial charge in [-0.1, -0.05) is 41.8 Å². The number of methoxy groups -OCH3 is 1. The van der Waals surface area contributed by atoms with E-state index in [9.17, 15) is 0 Å². The van der Waals surface area contributed by atoms with Crippen LogP contribution in [0.25, 0.3) is 0 Å². The number of halogens is 1. The Labute approximate surface area is 163 Å². The van der Waals surface area contributed by atoms with Crippen LogP contribution in [-0.2, 0) is 19.7 Å². The average Bonchev–Trinajstić information content (AvgIpc) is 3.13. The first-order valence-corrected chi connectivity index (χ1v) is 9.11. The van der Waals surface area contributed by atoms with Crippen LogP contribution >= 0.6 is 11.6 Å². The molecule has 0 atom stereocenters. The zero-order valence-corrected chi connectivity index (χ0v) is 16.1. The van der Waals surface area contributed by atoms with Crippen molar-refractivity contribution in [2.24, 2.45) is 0 Å². The highest BCUT2D eigenvalue weighted by Crippen LogP contribution is 2.29. The SMILES string of the molecule is CCCn1nnc(NCc2ccc(OCc3cccc(Cl)c3)c(OC)c2)n1. The number of aryl methyl sites for hydroxylation is 1. The van der Waals surface area contributed by atoms with Gasteiger partial charge in [0.15, 0.2) is 11.5 Å². The van der Waals surface area contributed by atoms with Crippen LogP contribution in [0, 0.1) is 0 Å². The molecule has 0 aliphatic heterocycles. The summed E-state index contributed by atoms with van der Waals surface area (Å²) in [5.74, 6) is 1.84. The first-order chi connectivity index (χ1) is 13.2. The van der Waals surface area contributed by atoms with Crippen LogP contribution in [0.4, 0.5) is 5.95 Å². The number of hydrogen-bond donors (Lipinski definition) is 1. The highest BCUT2D eigenvalue weighted by molar-refractivity contribution is 6.30. The molecule has 0 saturated heterocycles. The van der Waals surface area contributed by atoms with E-state index in [1.165, 1.54) is 0 Å². The molecule has 2 aromatic carbocycles. The predicted molar refractivity (Wildman–Crippen MR) is 104 cm³/mol. The standard InChI is InChI=1S/C19H22ClN5O2/c1-3-9-25-23-19(22-24-25)21-12-14-7-8-17(18(11-14)26-2)27-13-15-5-4-6-16(20)10-15/h4-8,10-11H,3,9,12-13H2,1-2H3,(H,21,23). The Morgan fingerprint density at radius 2 is 2.00 bits per heavy atom. The number of nitrogens with zero attached hydrogens (tertiary/aromatic N) is 4. The maximum Gasteiger partial charge on any atom is 0.263 e. The van der Waals surface area contributed by atoms with Gasteiger partial charge in [-0.15, -0.1) is 5.10 Å². The molecule has 1 heterocycles. The number of anilines is 1. The van der Waals surface area contributed by atoms with Gasteiger partial charge in [0.2, 0.25) is 0 Å². The lowest BCUT2D eigenvalue weighted by atomic mass is 10.2. The summed E-state index contributed by atoms with van der Waals surface area (Å²) in [7, 11) is 1.62. The van der Waals surface area contributed by atoms with E-state index in [4.69, 9.17) is 21.1 Å². The van der Waals surface area contributed by atoms with Crippen molar-refractivity contribution in [1.82, 2.24) is 20.2 Å². The van der Waals surface area contributed by atoms with E-state index < -0.39 is 0 Å². The highest BCUT2D eigenvalue weighted by atomic mass is 35.5. The van der Waals surface area contributed by atoms with E-state index >= 15 is 0 Å². The van der Waals surface area contributed by atoms with Crippen LogP contribution < -0.4 is 14.8 Å². The van der Waals surface area contributed by atoms with E-state index in [1.54, 1.807) is 11.9 Å². The Morgan fingerprint density at radius 3 is 2.78 bits per heavy atom. The molecule has 0 radical (unpaired) electrons. The van der Waals surface area contributed by atoms with Crippen LogP contribution in [0.5, 0.6) is 11.5 Å². The number of nitrogens with one attached hydrogen (secondary N) is 1. The summed E-state index contributed by atoms with van der Waals surface area (Å²) < 4.78 is 11.3. The van der Waals surface area contributed by atoms with Crippen LogP contribution in [0.3, 0.4) is 0 Å². The molecule has 1 N–H and O–H groups in total. The van der Waals surface area contributed by atoms with Crippen molar-refractivity contribution in [3.8, 4) is 11.5 Å². The molecule has 3 aromatic rings. The van der Waals surface area contributed by atoms with Gasteiger partial charge in [0.05, 0.1) is 13.7 Å². The lowest BCUT2D eigenvalue weighted by Gasteiger charge is -2.12. The Balaban J connectivity index is 1.61. The largest absolute Gasteiger partial charge is 0.493 e. The smallest absolute Gasteiger partial charge is 0.263 e. The van der Waals surface area contributed by atoms with Gasteiger partial charge in [0, 0.05) is 11.6 Å². The number of tetrazole rings is 1. The van der Waals surface area contributed by atoms with Gasteiger partial charge >= 0.3 is 0 Å². The van der Waals surface area contributed by atoms with Crippen molar-refractivity contribution >= 4 is 17.5 Å². The fraction of sp³-hybridized carbons (Fsp3) is 0.316. The second-order valence-electron chi connectivity index (χ2n) is 5.97. The minimum absolute atomic E-state index is 0.416. The second-order valence-corrected chi connectivity index (χ2v) is 6.40. The number of aromatic nitrogens is 4. The quantitative estimate of drug-likeness (QED) is 0.599. The second kappa shape index (κ2) is 9.23. The summed E-state index contributed by atoms with van der Waals surface area (Å²) in [5.41, 5.74) is 2.02. The van der Waals surface area contributed by atoms with Crippen LogP contribution in [-0.4, -0.2) is 27.3 Å². The molecule has 0 bridgehead atoms. The zero-order valence-electron chi connectivity index (χ0n) is 15.4. The fourth-order valence-corrected chi connectivity index (χ4v) is 2.73. The maximum absolute atomic E-state index is 6.01. The van der Waals surface area contributed by atoms with E-state index in [-0.39, 0.29) is 0 Å². The molecular formula is C19H22ClN5O2. The number of benzene rings is 2. The Morgan fingerprint density at radius 1 is 1.11 bits per heavy atom. The molecule has 0 aliphatic rings. The van der Waals surface area contributed by atoms with Crippen molar-refractivity contribution in [3.05, 3.63) is 58.6 Å². The predicted octanol–water partition coefficient (Wildman–Crippen LogP) is 3.94. The third-order valence-electron chi connectivity index (χ3n) is 3.84. The van der Waals surface area contributed by atoms with Gasteiger partial charge in [-0.3, -0.25) is 0 Å². The molecule has 7 nitrogen and oxygen atoms in total. The molecule has 8 heteroatoms. The minimum atomic E-state index is 0.416. The third-order valence-corrected chi connectivity index (χ3v) is 4.07. The van der Waals surface area contributed by atoms with Gasteiger partial charge in [-0.25, -0.2) is 0 Å². The Kier molecular flexibility index (Phi) is 6.49. The molecule has 142 valence electrons. The van der Waals surface area contributed by atoms with E-state index in [1.807, 2.05) is 42.5 Å². The summed E-state index contributed by atoms with van der Waals surface area (Å²) >= 11 is 6.01. The molecule has 0 fully saturated rings. The molecule has 0 amide bonds. The molecule has 0 saturated carbocycles. The summed E-state index contributed by atoms with van der Waals surface area (Å²) in [5, 5.41) is 16.1. The van der Waals surface area contributed by atoms with Crippen molar-refractivity contribution in [3.63, 3.8) is 0 Å². The first kappa shape index (κ1) is 19.0. The maximum atomic E-state index is 6.01. The average molecular weight is 388 g/mol. The molecular weight excluding hydrogens is 366 g/mol. The van der Waals surface area contributed by atoms with Crippen LogP contribution in [0.2, 0.25) is 5.02 Å². The monoisotopic (exact) mass is 387 g/mol. The molecule has 0 spiro atoms. The fourth-order valence-electron chi connectivity index (χ4n) is 2.52. The lowest BCUT2D eigenvalue weighted by molar-refractivity contribution is 0.284. The van der Waals surface area contributed by atoms with Gasteiger partial charge in [-0.05, 0) is 47.0 Å². The minimum Gasteiger partial charge on any atom is -0.493 e. The molecule has 27 heavy (non-hydrogen) atoms. The number of hydrogen-bond acceptors (Lipinski definition) is 6. The van der Waals surface area contributed by atoms with E-state index in [2.05, 4.69) is 27.7 Å². The third kappa shape index (κ3) is 5.34. The number of ether oxygens (including phenoxy) is 2. The lowest BCUT2D eigenvalue weighted by Crippen LogP contribution is -2.04. The van der Waals surface area contributed by atoms with Gasteiger partial charge in [0.25, 0.3) is 5.95 Å². The number of rotatable bonds is 9. The molecule has 1 aromatic heterocycles. The summed E-state index contributed by atoms with van der Waals surface area (Å²) in [6.45, 7) is 3.79. The molecule has 3 rings (SSSR count). The molecule has 0 unspecified atom stereocenters. The normalized spacial score (nSPS) is 10.6. The first-order valence-electron chi connectivity index (χ1n) is 8.73. The van der Waals surface area contributed by atoms with Gasteiger partial charge in [-0.2, -0.15) is 4.80 Å². The van der Waals surface area contributed by atoms with Gasteiger partial charge in [0.1, 0.15) is 6.61 Å². The van der Waals surface area contributed by atoms with Crippen LogP contribution in [0.15, 0.2) is 42.5 Å². The summed E-state index contributed by atoms with van der Waals surface area (Å²) in [4.78, 5) is 1.58. The van der Waals surface area contributed by atoms with Crippen molar-refractivity contribution in [2.45, 2.75) is 33.0 Å². The van der Waals surface area contributed by atoms with E-state index in [0.717, 1.165) is 24.1 Å².